The van der Waals surface area contributed by atoms with E-state index < -0.39 is 0 Å². The zero-order valence-electron chi connectivity index (χ0n) is 12.1. The van der Waals surface area contributed by atoms with Crippen molar-refractivity contribution in [1.29, 1.82) is 0 Å². The van der Waals surface area contributed by atoms with Crippen molar-refractivity contribution in [1.82, 2.24) is 0 Å². The Morgan fingerprint density at radius 2 is 2.11 bits per heavy atom. The molecule has 0 bridgehead atoms. The van der Waals surface area contributed by atoms with Crippen molar-refractivity contribution in [2.75, 3.05) is 25.2 Å². The summed E-state index contributed by atoms with van der Waals surface area (Å²) in [6, 6.07) is 6.99. The number of benzene rings is 1. The van der Waals surface area contributed by atoms with Crippen LogP contribution in [0.4, 0.5) is 5.69 Å². The molecule has 0 aliphatic carbocycles. The van der Waals surface area contributed by atoms with Gasteiger partial charge >= 0.3 is 0 Å². The van der Waals surface area contributed by atoms with Crippen molar-refractivity contribution in [2.24, 2.45) is 5.73 Å². The van der Waals surface area contributed by atoms with E-state index >= 15 is 0 Å². The fourth-order valence-electron chi connectivity index (χ4n) is 2.16. The van der Waals surface area contributed by atoms with Gasteiger partial charge in [-0.15, -0.1) is 0 Å². The number of aryl methyl sites for hydroxylation is 1. The number of nitrogens with two attached hydrogens (primary N) is 1. The van der Waals surface area contributed by atoms with Crippen LogP contribution in [0.25, 0.3) is 0 Å². The number of rotatable bonds is 7. The molecule has 0 heterocycles. The molecule has 0 fully saturated rings. The van der Waals surface area contributed by atoms with Gasteiger partial charge in [-0.1, -0.05) is 19.1 Å². The Morgan fingerprint density at radius 3 is 2.61 bits per heavy atom. The van der Waals surface area contributed by atoms with Crippen molar-refractivity contribution in [3.8, 4) is 0 Å². The molecule has 0 saturated heterocycles. The molecule has 3 nitrogen and oxygen atoms in total. The molecular formula is C15H26N2O. The molecule has 2 N–H and O–H groups in total. The second-order valence-electron chi connectivity index (χ2n) is 4.77. The van der Waals surface area contributed by atoms with Gasteiger partial charge in [0.1, 0.15) is 0 Å². The van der Waals surface area contributed by atoms with E-state index in [4.69, 9.17) is 10.5 Å². The van der Waals surface area contributed by atoms with Gasteiger partial charge < -0.3 is 15.4 Å². The fraction of sp³-hybridized carbons (Fsp3) is 0.600. The fourth-order valence-corrected chi connectivity index (χ4v) is 2.16. The van der Waals surface area contributed by atoms with Crippen molar-refractivity contribution in [3.63, 3.8) is 0 Å². The summed E-state index contributed by atoms with van der Waals surface area (Å²) in [7, 11) is 1.75. The van der Waals surface area contributed by atoms with Crippen molar-refractivity contribution in [3.05, 3.63) is 29.3 Å². The molecule has 1 atom stereocenters. The van der Waals surface area contributed by atoms with Gasteiger partial charge in [-0.25, -0.2) is 0 Å². The number of nitrogens with zero attached hydrogens (tertiary/aromatic N) is 1. The average molecular weight is 250 g/mol. The van der Waals surface area contributed by atoms with Gasteiger partial charge in [0.05, 0.1) is 6.61 Å². The summed E-state index contributed by atoms with van der Waals surface area (Å²) in [5.41, 5.74) is 9.44. The summed E-state index contributed by atoms with van der Waals surface area (Å²) in [6.07, 6.45) is 1.13. The minimum Gasteiger partial charge on any atom is -0.383 e. The third kappa shape index (κ3) is 3.72. The topological polar surface area (TPSA) is 38.5 Å². The largest absolute Gasteiger partial charge is 0.383 e. The molecule has 3 heteroatoms. The zero-order valence-corrected chi connectivity index (χ0v) is 12.1. The van der Waals surface area contributed by atoms with Crippen LogP contribution in [0.5, 0.6) is 0 Å². The maximum atomic E-state index is 5.68. The first-order valence-corrected chi connectivity index (χ1v) is 6.69. The Balaban J connectivity index is 2.96. The highest BCUT2D eigenvalue weighted by atomic mass is 16.5. The second kappa shape index (κ2) is 7.39. The molecule has 0 radical (unpaired) electrons. The number of hydrogen-bond acceptors (Lipinski definition) is 3. The third-order valence-electron chi connectivity index (χ3n) is 3.47. The molecule has 1 aromatic rings. The smallest absolute Gasteiger partial charge is 0.0637 e. The van der Waals surface area contributed by atoms with Crippen LogP contribution >= 0.6 is 0 Å². The summed E-state index contributed by atoms with van der Waals surface area (Å²) in [4.78, 5) is 2.42. The highest BCUT2D eigenvalue weighted by Gasteiger charge is 2.14. The van der Waals surface area contributed by atoms with Crippen molar-refractivity contribution >= 4 is 5.69 Å². The van der Waals surface area contributed by atoms with E-state index in [0.717, 1.165) is 19.6 Å². The van der Waals surface area contributed by atoms with Crippen molar-refractivity contribution in [2.45, 2.75) is 39.8 Å². The van der Waals surface area contributed by atoms with Gasteiger partial charge in [-0.05, 0) is 37.5 Å². The Hall–Kier alpha value is -1.06. The number of ether oxygens (including phenoxy) is 1. The Bertz CT molecular complexity index is 366. The summed E-state index contributed by atoms with van der Waals surface area (Å²) < 4.78 is 5.21. The van der Waals surface area contributed by atoms with E-state index in [1.807, 2.05) is 0 Å². The molecule has 1 unspecified atom stereocenters. The molecule has 0 aliphatic heterocycles. The molecule has 0 aliphatic rings. The lowest BCUT2D eigenvalue weighted by Gasteiger charge is -2.32. The van der Waals surface area contributed by atoms with Gasteiger partial charge in [0.15, 0.2) is 0 Å². The summed E-state index contributed by atoms with van der Waals surface area (Å²) in [5.74, 6) is 0. The minimum atomic E-state index is 0.516. The van der Waals surface area contributed by atoms with Gasteiger partial charge in [0.25, 0.3) is 0 Å². The SMILES string of the molecule is CCC(C)N(CCOC)c1ccc(CN)cc1C. The molecular weight excluding hydrogens is 224 g/mol. The van der Waals surface area contributed by atoms with Crippen LogP contribution < -0.4 is 10.6 Å². The van der Waals surface area contributed by atoms with Gasteiger partial charge in [-0.3, -0.25) is 0 Å². The lowest BCUT2D eigenvalue weighted by Crippen LogP contribution is -2.35. The average Bonchev–Trinajstić information content (AvgIpc) is 2.39. The number of methoxy groups -OCH3 is 1. The monoisotopic (exact) mass is 250 g/mol. The predicted octanol–water partition coefficient (Wildman–Crippen LogP) is 2.71. The summed E-state index contributed by atoms with van der Waals surface area (Å²) >= 11 is 0. The molecule has 1 aromatic carbocycles. The number of hydrogen-bond donors (Lipinski definition) is 1. The van der Waals surface area contributed by atoms with Gasteiger partial charge in [-0.2, -0.15) is 0 Å². The Kier molecular flexibility index (Phi) is 6.16. The molecule has 0 aromatic heterocycles. The lowest BCUT2D eigenvalue weighted by atomic mass is 10.1. The normalized spacial score (nSPS) is 12.5. The summed E-state index contributed by atoms with van der Waals surface area (Å²) in [6.45, 7) is 8.90. The van der Waals surface area contributed by atoms with E-state index in [-0.39, 0.29) is 0 Å². The molecule has 0 amide bonds. The van der Waals surface area contributed by atoms with E-state index in [0.29, 0.717) is 12.6 Å². The first kappa shape index (κ1) is 15.0. The molecule has 0 saturated carbocycles. The molecule has 102 valence electrons. The standard InChI is InChI=1S/C15H26N2O/c1-5-13(3)17(8-9-18-4)15-7-6-14(11-16)10-12(15)2/h6-7,10,13H,5,8-9,11,16H2,1-4H3. The number of anilines is 1. The zero-order chi connectivity index (χ0) is 13.5. The van der Waals surface area contributed by atoms with Crippen molar-refractivity contribution < 1.29 is 4.74 Å². The van der Waals surface area contributed by atoms with Crippen LogP contribution in [0.2, 0.25) is 0 Å². The highest BCUT2D eigenvalue weighted by molar-refractivity contribution is 5.55. The van der Waals surface area contributed by atoms with Crippen LogP contribution in [0.3, 0.4) is 0 Å². The van der Waals surface area contributed by atoms with Crippen LogP contribution in [-0.4, -0.2) is 26.3 Å². The maximum absolute atomic E-state index is 5.68. The van der Waals surface area contributed by atoms with E-state index in [2.05, 4.69) is 43.9 Å². The molecule has 1 rings (SSSR count). The summed E-state index contributed by atoms with van der Waals surface area (Å²) in [5, 5.41) is 0. The second-order valence-corrected chi connectivity index (χ2v) is 4.77. The maximum Gasteiger partial charge on any atom is 0.0637 e. The first-order chi connectivity index (χ1) is 8.63. The van der Waals surface area contributed by atoms with E-state index in [9.17, 15) is 0 Å². The van der Waals surface area contributed by atoms with Gasteiger partial charge in [0, 0.05) is 31.9 Å². The Morgan fingerprint density at radius 1 is 1.39 bits per heavy atom. The first-order valence-electron chi connectivity index (χ1n) is 6.69. The molecule has 18 heavy (non-hydrogen) atoms. The lowest BCUT2D eigenvalue weighted by molar-refractivity contribution is 0.203. The molecule has 0 spiro atoms. The van der Waals surface area contributed by atoms with E-state index in [1.165, 1.54) is 16.8 Å². The van der Waals surface area contributed by atoms with E-state index in [1.54, 1.807) is 7.11 Å². The van der Waals surface area contributed by atoms with Crippen LogP contribution in [-0.2, 0) is 11.3 Å². The van der Waals surface area contributed by atoms with Crippen LogP contribution in [0, 0.1) is 6.92 Å². The quantitative estimate of drug-likeness (QED) is 0.808. The minimum absolute atomic E-state index is 0.516. The van der Waals surface area contributed by atoms with Crippen LogP contribution in [0.1, 0.15) is 31.4 Å². The third-order valence-corrected chi connectivity index (χ3v) is 3.47. The predicted molar refractivity (Wildman–Crippen MR) is 78.0 cm³/mol. The van der Waals surface area contributed by atoms with Crippen LogP contribution in [0.15, 0.2) is 18.2 Å². The Labute approximate surface area is 111 Å². The van der Waals surface area contributed by atoms with Gasteiger partial charge in [0.2, 0.25) is 0 Å². The highest BCUT2D eigenvalue weighted by Crippen LogP contribution is 2.24.